The zero-order valence-corrected chi connectivity index (χ0v) is 23.2. The average Bonchev–Trinajstić information content (AvgIpc) is 3.13. The van der Waals surface area contributed by atoms with Gasteiger partial charge in [0, 0.05) is 18.8 Å². The van der Waals surface area contributed by atoms with Crippen molar-refractivity contribution in [2.45, 2.75) is 75.2 Å². The Hall–Kier alpha value is -1.68. The van der Waals surface area contributed by atoms with Crippen molar-refractivity contribution in [3.05, 3.63) is 60.2 Å². The van der Waals surface area contributed by atoms with Crippen LogP contribution in [0.15, 0.2) is 54.6 Å². The van der Waals surface area contributed by atoms with Gasteiger partial charge in [-0.3, -0.25) is 4.79 Å². The number of nitrogens with two attached hydrogens (primary N) is 1. The summed E-state index contributed by atoms with van der Waals surface area (Å²) in [7, 11) is 4.08. The van der Waals surface area contributed by atoms with Crippen molar-refractivity contribution < 1.29 is 20.1 Å². The Morgan fingerprint density at radius 2 is 1.95 bits per heavy atom. The molecule has 1 aliphatic carbocycles. The molecule has 6 atom stereocenters. The third-order valence-electron chi connectivity index (χ3n) is 6.74. The van der Waals surface area contributed by atoms with E-state index >= 15 is 0 Å². The number of nitrogens with one attached hydrogen (secondary N) is 1. The van der Waals surface area contributed by atoms with Gasteiger partial charge in [-0.1, -0.05) is 54.6 Å². The molecule has 1 fully saturated rings. The highest BCUT2D eigenvalue weighted by Gasteiger charge is 2.39. The second-order valence-corrected chi connectivity index (χ2v) is 11.5. The van der Waals surface area contributed by atoms with E-state index in [4.69, 9.17) is 5.73 Å². The Morgan fingerprint density at radius 3 is 2.68 bits per heavy atom. The van der Waals surface area contributed by atoms with Crippen LogP contribution in [-0.2, 0) is 11.2 Å². The molecule has 1 amide bonds. The van der Waals surface area contributed by atoms with Gasteiger partial charge >= 0.3 is 0 Å². The van der Waals surface area contributed by atoms with Gasteiger partial charge in [-0.15, -0.1) is 11.8 Å². The molecule has 0 radical (unpaired) electrons. The lowest BCUT2D eigenvalue weighted by molar-refractivity contribution is -0.121. The molecule has 0 saturated heterocycles. The number of nitrogens with zero attached hydrogens (tertiary/aromatic N) is 1. The zero-order valence-electron chi connectivity index (χ0n) is 22.4. The number of rotatable bonds is 17. The van der Waals surface area contributed by atoms with Gasteiger partial charge in [-0.2, -0.15) is 0 Å². The van der Waals surface area contributed by atoms with Gasteiger partial charge in [0.1, 0.15) is 5.50 Å². The summed E-state index contributed by atoms with van der Waals surface area (Å²) in [6.45, 7) is 1.00. The van der Waals surface area contributed by atoms with Crippen LogP contribution in [0.3, 0.4) is 0 Å². The van der Waals surface area contributed by atoms with E-state index in [1.54, 1.807) is 17.8 Å². The number of allylic oxidation sites excluding steroid dienone is 2. The number of thioether (sulfide) groups is 1. The largest absolute Gasteiger partial charge is 0.393 e. The highest BCUT2D eigenvalue weighted by atomic mass is 32.2. The van der Waals surface area contributed by atoms with Crippen LogP contribution in [0.4, 0.5) is 0 Å². The van der Waals surface area contributed by atoms with Crippen LogP contribution in [0.25, 0.3) is 0 Å². The van der Waals surface area contributed by atoms with Crippen molar-refractivity contribution in [1.82, 2.24) is 10.2 Å². The molecule has 1 aromatic carbocycles. The number of benzene rings is 1. The monoisotopic (exact) mass is 533 g/mol. The van der Waals surface area contributed by atoms with Crippen LogP contribution in [-0.4, -0.2) is 76.3 Å². The second-order valence-electron chi connectivity index (χ2n) is 10.2. The zero-order chi connectivity index (χ0) is 27.0. The van der Waals surface area contributed by atoms with Crippen LogP contribution in [0.2, 0.25) is 0 Å². The molecule has 1 aromatic rings. The Balaban J connectivity index is 1.66. The van der Waals surface area contributed by atoms with Crippen molar-refractivity contribution in [3.63, 3.8) is 0 Å². The lowest BCUT2D eigenvalue weighted by Gasteiger charge is -2.19. The van der Waals surface area contributed by atoms with E-state index in [0.717, 1.165) is 38.0 Å². The summed E-state index contributed by atoms with van der Waals surface area (Å²) in [6.07, 6.45) is 11.3. The first-order valence-corrected chi connectivity index (χ1v) is 14.5. The molecule has 0 heterocycles. The molecule has 7 nitrogen and oxygen atoms in total. The summed E-state index contributed by atoms with van der Waals surface area (Å²) in [5.41, 5.74) is 6.79. The predicted molar refractivity (Wildman–Crippen MR) is 153 cm³/mol. The van der Waals surface area contributed by atoms with E-state index in [-0.39, 0.29) is 23.2 Å². The van der Waals surface area contributed by atoms with Gasteiger partial charge in [-0.05, 0) is 76.4 Å². The maximum atomic E-state index is 12.1. The van der Waals surface area contributed by atoms with Crippen molar-refractivity contribution >= 4 is 17.7 Å². The minimum absolute atomic E-state index is 0.0358. The number of amides is 1. The third-order valence-corrected chi connectivity index (χ3v) is 7.74. The SMILES string of the molecule is CN(C)CCCSC(N)NC(=O)CCCC=CC[C@@H]1[C@@H](C=C[C@@H](O)CCc2ccccc2)[C@H](O)C[C@@H]1O. The number of aliphatic hydroxyl groups is 3. The predicted octanol–water partition coefficient (Wildman–Crippen LogP) is 3.05. The lowest BCUT2D eigenvalue weighted by Crippen LogP contribution is -2.39. The Kier molecular flexibility index (Phi) is 15.1. The van der Waals surface area contributed by atoms with E-state index in [1.807, 2.05) is 62.7 Å². The fraction of sp³-hybridized carbons (Fsp3) is 0.621. The topological polar surface area (TPSA) is 119 Å². The van der Waals surface area contributed by atoms with Gasteiger partial charge in [0.25, 0.3) is 0 Å². The Morgan fingerprint density at radius 1 is 1.19 bits per heavy atom. The fourth-order valence-corrected chi connectivity index (χ4v) is 5.40. The van der Waals surface area contributed by atoms with Gasteiger partial charge in [-0.25, -0.2) is 0 Å². The first-order chi connectivity index (χ1) is 17.8. The Bertz CT molecular complexity index is 821. The fourth-order valence-electron chi connectivity index (χ4n) is 4.63. The molecular weight excluding hydrogens is 486 g/mol. The molecule has 37 heavy (non-hydrogen) atoms. The molecule has 0 aliphatic heterocycles. The first-order valence-electron chi connectivity index (χ1n) is 13.5. The van der Waals surface area contributed by atoms with Crippen LogP contribution in [0.1, 0.15) is 50.5 Å². The van der Waals surface area contributed by atoms with Crippen LogP contribution < -0.4 is 11.1 Å². The minimum atomic E-state index is -0.611. The first kappa shape index (κ1) is 31.5. The number of aryl methyl sites for hydroxylation is 1. The lowest BCUT2D eigenvalue weighted by atomic mass is 9.89. The smallest absolute Gasteiger partial charge is 0.221 e. The quantitative estimate of drug-likeness (QED) is 0.119. The second kappa shape index (κ2) is 17.8. The minimum Gasteiger partial charge on any atom is -0.393 e. The maximum absolute atomic E-state index is 12.1. The molecule has 1 unspecified atom stereocenters. The number of hydrogen-bond donors (Lipinski definition) is 5. The van der Waals surface area contributed by atoms with Crippen molar-refractivity contribution in [1.29, 1.82) is 0 Å². The molecule has 1 saturated carbocycles. The van der Waals surface area contributed by atoms with E-state index in [1.165, 1.54) is 5.56 Å². The van der Waals surface area contributed by atoms with Gasteiger partial charge in [0.05, 0.1) is 18.3 Å². The van der Waals surface area contributed by atoms with E-state index in [0.29, 0.717) is 25.7 Å². The number of hydrogen-bond acceptors (Lipinski definition) is 7. The number of aliphatic hydroxyl groups excluding tert-OH is 3. The summed E-state index contributed by atoms with van der Waals surface area (Å²) in [4.78, 5) is 14.2. The summed E-state index contributed by atoms with van der Waals surface area (Å²) in [6, 6.07) is 10.1. The molecule has 2 rings (SSSR count). The molecule has 8 heteroatoms. The van der Waals surface area contributed by atoms with Crippen LogP contribution in [0, 0.1) is 11.8 Å². The molecule has 0 bridgehead atoms. The number of unbranched alkanes of at least 4 members (excludes halogenated alkanes) is 1. The highest BCUT2D eigenvalue weighted by molar-refractivity contribution is 7.99. The number of carbonyl (C=O) groups excluding carboxylic acids is 1. The van der Waals surface area contributed by atoms with Crippen LogP contribution in [0.5, 0.6) is 0 Å². The van der Waals surface area contributed by atoms with Gasteiger partial charge in [0.2, 0.25) is 5.91 Å². The standard InChI is InChI=1S/C29H47N3O4S/c1-32(2)19-10-20-37-29(30)31-28(36)14-9-4-3-8-13-24-25(27(35)21-26(24)34)18-17-23(33)16-15-22-11-6-5-7-12-22/h3,5-8,11-12,17-18,23-27,29,33-35H,4,9-10,13-16,19-21,30H2,1-2H3,(H,31,36)/t23-,24+,25+,26-,27+,29?/m0/s1. The molecule has 0 aromatic heterocycles. The maximum Gasteiger partial charge on any atom is 0.221 e. The highest BCUT2D eigenvalue weighted by Crippen LogP contribution is 2.36. The Labute approximate surface area is 227 Å². The normalized spacial score (nSPS) is 23.8. The van der Waals surface area contributed by atoms with Crippen LogP contribution >= 0.6 is 11.8 Å². The molecular formula is C29H47N3O4S. The third kappa shape index (κ3) is 13.1. The van der Waals surface area contributed by atoms with Crippen molar-refractivity contribution in [2.24, 2.45) is 17.6 Å². The van der Waals surface area contributed by atoms with E-state index in [9.17, 15) is 20.1 Å². The number of carbonyl (C=O) groups is 1. The van der Waals surface area contributed by atoms with E-state index < -0.39 is 18.3 Å². The molecule has 1 aliphatic rings. The van der Waals surface area contributed by atoms with Crippen molar-refractivity contribution in [3.8, 4) is 0 Å². The molecule has 208 valence electrons. The van der Waals surface area contributed by atoms with Crippen molar-refractivity contribution in [2.75, 3.05) is 26.4 Å². The van der Waals surface area contributed by atoms with E-state index in [2.05, 4.69) is 10.2 Å². The molecule has 0 spiro atoms. The summed E-state index contributed by atoms with van der Waals surface area (Å²) in [5, 5.41) is 34.1. The summed E-state index contributed by atoms with van der Waals surface area (Å²) >= 11 is 1.56. The summed E-state index contributed by atoms with van der Waals surface area (Å²) in [5.74, 6) is 0.599. The average molecular weight is 534 g/mol. The van der Waals surface area contributed by atoms with Gasteiger partial charge < -0.3 is 31.3 Å². The van der Waals surface area contributed by atoms with Gasteiger partial charge in [0.15, 0.2) is 0 Å². The molecule has 6 N–H and O–H groups in total. The summed E-state index contributed by atoms with van der Waals surface area (Å²) < 4.78 is 0.